The zero-order valence-electron chi connectivity index (χ0n) is 16.6. The summed E-state index contributed by atoms with van der Waals surface area (Å²) in [5.74, 6) is 0.565. The summed E-state index contributed by atoms with van der Waals surface area (Å²) < 4.78 is 13.4. The van der Waals surface area contributed by atoms with Crippen LogP contribution < -0.4 is 4.90 Å². The lowest BCUT2D eigenvalue weighted by Crippen LogP contribution is -2.48. The van der Waals surface area contributed by atoms with Gasteiger partial charge in [-0.2, -0.15) is 0 Å². The summed E-state index contributed by atoms with van der Waals surface area (Å²) in [6.07, 6.45) is 5.44. The molecule has 154 valence electrons. The molecule has 0 unspecified atom stereocenters. The molecule has 0 spiro atoms. The molecule has 3 heterocycles. The zero-order valence-corrected chi connectivity index (χ0v) is 17.3. The third-order valence-corrected chi connectivity index (χ3v) is 5.47. The molecule has 0 radical (unpaired) electrons. The maximum atomic E-state index is 13.4. The zero-order chi connectivity index (χ0) is 21.1. The van der Waals surface area contributed by atoms with Gasteiger partial charge in [0, 0.05) is 56.1 Å². The molecule has 1 fully saturated rings. The summed E-state index contributed by atoms with van der Waals surface area (Å²) in [5.41, 5.74) is 2.68. The summed E-state index contributed by atoms with van der Waals surface area (Å²) in [4.78, 5) is 29.5. The molecule has 1 aliphatic heterocycles. The topological polar surface area (TPSA) is 62.2 Å². The molecule has 0 saturated carbocycles. The highest BCUT2D eigenvalue weighted by molar-refractivity contribution is 6.33. The first-order valence-corrected chi connectivity index (χ1v) is 10.2. The fraction of sp³-hybridized carbons (Fsp3) is 0.273. The molecule has 0 N–H and O–H groups in total. The number of nitrogens with zero attached hydrogens (tertiary/aromatic N) is 5. The first kappa shape index (κ1) is 20.2. The smallest absolute Gasteiger partial charge is 0.222 e. The largest absolute Gasteiger partial charge is 0.352 e. The van der Waals surface area contributed by atoms with Crippen molar-refractivity contribution < 1.29 is 9.18 Å². The number of pyridine rings is 1. The molecule has 1 aliphatic rings. The van der Waals surface area contributed by atoms with Crippen molar-refractivity contribution in [3.63, 3.8) is 0 Å². The van der Waals surface area contributed by atoms with E-state index in [1.807, 2.05) is 11.8 Å². The highest BCUT2D eigenvalue weighted by atomic mass is 35.5. The number of piperazine rings is 1. The van der Waals surface area contributed by atoms with Crippen LogP contribution in [0.4, 0.5) is 10.2 Å². The van der Waals surface area contributed by atoms with Crippen LogP contribution in [0.1, 0.15) is 13.3 Å². The van der Waals surface area contributed by atoms with Crippen molar-refractivity contribution in [1.82, 2.24) is 19.9 Å². The van der Waals surface area contributed by atoms with Crippen LogP contribution in [0, 0.1) is 5.82 Å². The minimum absolute atomic E-state index is 0.164. The Morgan fingerprint density at radius 2 is 1.80 bits per heavy atom. The maximum absolute atomic E-state index is 13.4. The highest BCUT2D eigenvalue weighted by Gasteiger charge is 2.23. The predicted octanol–water partition coefficient (Wildman–Crippen LogP) is 4.06. The van der Waals surface area contributed by atoms with Crippen molar-refractivity contribution in [2.75, 3.05) is 31.1 Å². The van der Waals surface area contributed by atoms with E-state index in [1.54, 1.807) is 36.8 Å². The first-order valence-electron chi connectivity index (χ1n) is 9.82. The van der Waals surface area contributed by atoms with Gasteiger partial charge in [-0.05, 0) is 30.3 Å². The summed E-state index contributed by atoms with van der Waals surface area (Å²) in [6, 6.07) is 7.93. The van der Waals surface area contributed by atoms with Crippen LogP contribution in [0.25, 0.3) is 22.5 Å². The molecule has 6 nitrogen and oxygen atoms in total. The second kappa shape index (κ2) is 8.75. The number of carbonyl (C=O) groups excluding carboxylic acids is 1. The number of anilines is 1. The van der Waals surface area contributed by atoms with Gasteiger partial charge in [-0.3, -0.25) is 14.8 Å². The van der Waals surface area contributed by atoms with Crippen LogP contribution >= 0.6 is 11.6 Å². The fourth-order valence-electron chi connectivity index (χ4n) is 3.51. The highest BCUT2D eigenvalue weighted by Crippen LogP contribution is 2.34. The Morgan fingerprint density at radius 1 is 1.07 bits per heavy atom. The average molecular weight is 426 g/mol. The molecule has 30 heavy (non-hydrogen) atoms. The third-order valence-electron chi connectivity index (χ3n) is 5.16. The van der Waals surface area contributed by atoms with Crippen molar-refractivity contribution in [1.29, 1.82) is 0 Å². The fourth-order valence-corrected chi connectivity index (χ4v) is 3.72. The molecule has 2 aromatic heterocycles. The lowest BCUT2D eigenvalue weighted by molar-refractivity contribution is -0.131. The normalized spacial score (nSPS) is 14.1. The second-order valence-corrected chi connectivity index (χ2v) is 7.42. The van der Waals surface area contributed by atoms with Gasteiger partial charge in [0.1, 0.15) is 17.3 Å². The molecule has 0 bridgehead atoms. The van der Waals surface area contributed by atoms with Gasteiger partial charge in [0.25, 0.3) is 0 Å². The van der Waals surface area contributed by atoms with Gasteiger partial charge >= 0.3 is 0 Å². The molecule has 1 saturated heterocycles. The molecule has 8 heteroatoms. The van der Waals surface area contributed by atoms with E-state index in [0.29, 0.717) is 60.4 Å². The quantitative estimate of drug-likeness (QED) is 0.630. The van der Waals surface area contributed by atoms with Gasteiger partial charge in [-0.25, -0.2) is 9.37 Å². The van der Waals surface area contributed by atoms with E-state index in [0.717, 1.165) is 5.56 Å². The van der Waals surface area contributed by atoms with Gasteiger partial charge < -0.3 is 9.80 Å². The minimum atomic E-state index is -0.314. The number of aromatic nitrogens is 3. The predicted molar refractivity (Wildman–Crippen MR) is 115 cm³/mol. The first-order chi connectivity index (χ1) is 14.6. The molecule has 3 aromatic rings. The van der Waals surface area contributed by atoms with Crippen LogP contribution in [0.5, 0.6) is 0 Å². The van der Waals surface area contributed by atoms with Crippen LogP contribution in [0.15, 0.2) is 48.9 Å². The van der Waals surface area contributed by atoms with Gasteiger partial charge in [0.05, 0.1) is 16.9 Å². The van der Waals surface area contributed by atoms with Crippen LogP contribution in [0.2, 0.25) is 5.02 Å². The Morgan fingerprint density at radius 3 is 2.47 bits per heavy atom. The van der Waals surface area contributed by atoms with E-state index in [1.165, 1.54) is 12.1 Å². The molecule has 1 amide bonds. The third kappa shape index (κ3) is 4.11. The maximum Gasteiger partial charge on any atom is 0.222 e. The van der Waals surface area contributed by atoms with Crippen LogP contribution in [-0.2, 0) is 4.79 Å². The van der Waals surface area contributed by atoms with Crippen molar-refractivity contribution in [3.8, 4) is 22.5 Å². The number of carbonyl (C=O) groups is 1. The van der Waals surface area contributed by atoms with Crippen LogP contribution in [0.3, 0.4) is 0 Å². The SMILES string of the molecule is CCC(=O)N1CCN(c2cnc(-c3ccc(F)cc3)c(-c3ccncc3Cl)n2)CC1. The second-order valence-electron chi connectivity index (χ2n) is 7.01. The summed E-state index contributed by atoms with van der Waals surface area (Å²) in [5, 5.41) is 0.464. The number of hydrogen-bond donors (Lipinski definition) is 0. The van der Waals surface area contributed by atoms with Gasteiger partial charge in [0.2, 0.25) is 5.91 Å². The van der Waals surface area contributed by atoms with E-state index < -0.39 is 0 Å². The van der Waals surface area contributed by atoms with Crippen molar-refractivity contribution in [2.24, 2.45) is 0 Å². The van der Waals surface area contributed by atoms with E-state index in [4.69, 9.17) is 16.6 Å². The lowest BCUT2D eigenvalue weighted by Gasteiger charge is -2.35. The Labute approximate surface area is 179 Å². The number of benzene rings is 1. The van der Waals surface area contributed by atoms with E-state index in [2.05, 4.69) is 14.9 Å². The minimum Gasteiger partial charge on any atom is -0.352 e. The summed E-state index contributed by atoms with van der Waals surface area (Å²) in [6.45, 7) is 4.54. The van der Waals surface area contributed by atoms with Crippen LogP contribution in [-0.4, -0.2) is 51.9 Å². The summed E-state index contributed by atoms with van der Waals surface area (Å²) >= 11 is 6.40. The molecule has 1 aromatic carbocycles. The molecule has 4 rings (SSSR count). The Hall–Kier alpha value is -3.06. The number of amides is 1. The lowest BCUT2D eigenvalue weighted by atomic mass is 10.0. The molecular formula is C22H21ClFN5O. The van der Waals surface area contributed by atoms with Gasteiger partial charge in [-0.1, -0.05) is 18.5 Å². The van der Waals surface area contributed by atoms with E-state index in [-0.39, 0.29) is 11.7 Å². The number of rotatable bonds is 4. The summed E-state index contributed by atoms with van der Waals surface area (Å²) in [7, 11) is 0. The van der Waals surface area contributed by atoms with E-state index >= 15 is 0 Å². The Balaban J connectivity index is 1.71. The standard InChI is InChI=1S/C22H21ClFN5O/c1-2-20(30)29-11-9-28(10-12-29)19-14-26-21(15-3-5-16(24)6-4-15)22(27-19)17-7-8-25-13-18(17)23/h3-8,13-14H,2,9-12H2,1H3. The molecule has 0 aliphatic carbocycles. The van der Waals surface area contributed by atoms with Gasteiger partial charge in [-0.15, -0.1) is 0 Å². The number of hydrogen-bond acceptors (Lipinski definition) is 5. The monoisotopic (exact) mass is 425 g/mol. The van der Waals surface area contributed by atoms with Crippen molar-refractivity contribution in [2.45, 2.75) is 13.3 Å². The van der Waals surface area contributed by atoms with Crippen molar-refractivity contribution >= 4 is 23.3 Å². The molecular weight excluding hydrogens is 405 g/mol. The average Bonchev–Trinajstić information content (AvgIpc) is 2.79. The van der Waals surface area contributed by atoms with Crippen molar-refractivity contribution in [3.05, 3.63) is 59.8 Å². The number of halogens is 2. The Bertz CT molecular complexity index is 1050. The molecule has 0 atom stereocenters. The van der Waals surface area contributed by atoms with E-state index in [9.17, 15) is 9.18 Å². The Kier molecular flexibility index (Phi) is 5.90. The van der Waals surface area contributed by atoms with Gasteiger partial charge in [0.15, 0.2) is 0 Å².